The summed E-state index contributed by atoms with van der Waals surface area (Å²) in [5.74, 6) is -0.393. The molecule has 0 saturated heterocycles. The largest absolute Gasteiger partial charge is 0.339 e. The first kappa shape index (κ1) is 21.3. The number of amides is 2. The molecule has 0 aliphatic heterocycles. The molecule has 0 unspecified atom stereocenters. The van der Waals surface area contributed by atoms with Crippen molar-refractivity contribution in [1.29, 1.82) is 0 Å². The summed E-state index contributed by atoms with van der Waals surface area (Å²) in [5.41, 5.74) is 6.88. The number of carbonyl (C=O) groups excluding carboxylic acids is 2. The normalized spacial score (nSPS) is 14.3. The summed E-state index contributed by atoms with van der Waals surface area (Å²) >= 11 is 1.35. The van der Waals surface area contributed by atoms with Gasteiger partial charge < -0.3 is 16.0 Å². The predicted octanol–water partition coefficient (Wildman–Crippen LogP) is 3.68. The number of benzene rings is 1. The molecule has 1 aromatic carbocycles. The van der Waals surface area contributed by atoms with Gasteiger partial charge in [-0.1, -0.05) is 31.4 Å². The first-order valence-electron chi connectivity index (χ1n) is 8.92. The Balaban J connectivity index is 0.00000261. The minimum absolute atomic E-state index is 0. The van der Waals surface area contributed by atoms with E-state index in [1.54, 1.807) is 23.6 Å². The van der Waals surface area contributed by atoms with Crippen molar-refractivity contribution in [2.24, 2.45) is 5.73 Å². The minimum Gasteiger partial charge on any atom is -0.339 e. The van der Waals surface area contributed by atoms with Crippen LogP contribution < -0.4 is 11.1 Å². The number of hydrogen-bond donors (Lipinski definition) is 2. The standard InChI is InChI=1S/C19H24N4O2S.ClH/c1-23(13-7-3-2-4-8-13)19(25)14-9-5-6-10-15(14)22-18(24)16-12-26-17(11-20)21-16;/h5-6,9-10,12-13H,2-4,7-8,11,20H2,1H3,(H,22,24);1H. The van der Waals surface area contributed by atoms with Gasteiger partial charge in [-0.2, -0.15) is 0 Å². The molecule has 146 valence electrons. The Morgan fingerprint density at radius 3 is 2.63 bits per heavy atom. The van der Waals surface area contributed by atoms with Gasteiger partial charge in [-0.05, 0) is 25.0 Å². The molecule has 27 heavy (non-hydrogen) atoms. The van der Waals surface area contributed by atoms with Crippen LogP contribution in [0.4, 0.5) is 5.69 Å². The van der Waals surface area contributed by atoms with Gasteiger partial charge in [0.05, 0.1) is 11.3 Å². The third-order valence-corrected chi connectivity index (χ3v) is 5.68. The van der Waals surface area contributed by atoms with Crippen LogP contribution in [0, 0.1) is 0 Å². The first-order chi connectivity index (χ1) is 12.6. The van der Waals surface area contributed by atoms with E-state index in [1.807, 2.05) is 18.0 Å². The van der Waals surface area contributed by atoms with Crippen LogP contribution >= 0.6 is 23.7 Å². The number of rotatable bonds is 5. The second kappa shape index (κ2) is 9.82. The summed E-state index contributed by atoms with van der Waals surface area (Å²) in [7, 11) is 1.85. The van der Waals surface area contributed by atoms with Crippen molar-refractivity contribution in [2.75, 3.05) is 12.4 Å². The molecular weight excluding hydrogens is 384 g/mol. The molecule has 0 bridgehead atoms. The van der Waals surface area contributed by atoms with Gasteiger partial charge in [-0.15, -0.1) is 23.7 Å². The molecule has 1 fully saturated rings. The van der Waals surface area contributed by atoms with Crippen LogP contribution in [-0.2, 0) is 6.54 Å². The molecule has 1 aromatic heterocycles. The fourth-order valence-corrected chi connectivity index (χ4v) is 3.95. The highest BCUT2D eigenvalue weighted by molar-refractivity contribution is 7.09. The van der Waals surface area contributed by atoms with Crippen LogP contribution in [0.25, 0.3) is 0 Å². The van der Waals surface area contributed by atoms with Crippen molar-refractivity contribution in [1.82, 2.24) is 9.88 Å². The molecule has 1 aliphatic carbocycles. The second-order valence-electron chi connectivity index (χ2n) is 6.54. The first-order valence-corrected chi connectivity index (χ1v) is 9.80. The number of halogens is 1. The van der Waals surface area contributed by atoms with Crippen molar-refractivity contribution in [3.63, 3.8) is 0 Å². The summed E-state index contributed by atoms with van der Waals surface area (Å²) in [6.45, 7) is 0.305. The van der Waals surface area contributed by atoms with Gasteiger partial charge in [0.15, 0.2) is 0 Å². The molecular formula is C19H25ClN4O2S. The minimum atomic E-state index is -0.332. The SMILES string of the molecule is CN(C(=O)c1ccccc1NC(=O)c1csc(CN)n1)C1CCCCC1.Cl. The number of anilines is 1. The molecule has 3 rings (SSSR count). The zero-order valence-corrected chi connectivity index (χ0v) is 16.9. The van der Waals surface area contributed by atoms with Crippen molar-refractivity contribution in [3.8, 4) is 0 Å². The van der Waals surface area contributed by atoms with Crippen molar-refractivity contribution >= 4 is 41.2 Å². The molecule has 0 radical (unpaired) electrons. The highest BCUT2D eigenvalue weighted by atomic mass is 35.5. The molecule has 0 spiro atoms. The summed E-state index contributed by atoms with van der Waals surface area (Å²) < 4.78 is 0. The number of nitrogens with zero attached hydrogens (tertiary/aromatic N) is 2. The number of para-hydroxylation sites is 1. The quantitative estimate of drug-likeness (QED) is 0.789. The van der Waals surface area contributed by atoms with E-state index in [-0.39, 0.29) is 30.3 Å². The van der Waals surface area contributed by atoms with E-state index >= 15 is 0 Å². The summed E-state index contributed by atoms with van der Waals surface area (Å²) in [6.07, 6.45) is 5.64. The van der Waals surface area contributed by atoms with Gasteiger partial charge in [0.1, 0.15) is 10.7 Å². The Labute approximate surface area is 169 Å². The molecule has 2 amide bonds. The van der Waals surface area contributed by atoms with Crippen LogP contribution in [0.1, 0.15) is 58.0 Å². The smallest absolute Gasteiger partial charge is 0.275 e. The van der Waals surface area contributed by atoms with E-state index in [4.69, 9.17) is 5.73 Å². The second-order valence-corrected chi connectivity index (χ2v) is 7.48. The van der Waals surface area contributed by atoms with Crippen molar-refractivity contribution < 1.29 is 9.59 Å². The number of nitrogens with two attached hydrogens (primary N) is 1. The summed E-state index contributed by atoms with van der Waals surface area (Å²) in [4.78, 5) is 31.4. The van der Waals surface area contributed by atoms with E-state index < -0.39 is 0 Å². The summed E-state index contributed by atoms with van der Waals surface area (Å²) in [6, 6.07) is 7.39. The van der Waals surface area contributed by atoms with Gasteiger partial charge in [0.25, 0.3) is 11.8 Å². The van der Waals surface area contributed by atoms with Crippen molar-refractivity contribution in [2.45, 2.75) is 44.7 Å². The topological polar surface area (TPSA) is 88.3 Å². The molecule has 3 N–H and O–H groups in total. The van der Waals surface area contributed by atoms with E-state index in [1.165, 1.54) is 17.8 Å². The van der Waals surface area contributed by atoms with Gasteiger partial charge in [0.2, 0.25) is 0 Å². The predicted molar refractivity (Wildman–Crippen MR) is 111 cm³/mol. The Kier molecular flexibility index (Phi) is 7.77. The molecule has 6 nitrogen and oxygen atoms in total. The molecule has 2 aromatic rings. The highest BCUT2D eigenvalue weighted by Crippen LogP contribution is 2.25. The fraction of sp³-hybridized carbons (Fsp3) is 0.421. The Hall–Kier alpha value is -1.96. The van der Waals surface area contributed by atoms with E-state index in [0.717, 1.165) is 25.7 Å². The fourth-order valence-electron chi connectivity index (χ4n) is 3.30. The van der Waals surface area contributed by atoms with E-state index in [0.29, 0.717) is 28.5 Å². The van der Waals surface area contributed by atoms with Crippen LogP contribution in [0.3, 0.4) is 0 Å². The Morgan fingerprint density at radius 1 is 1.26 bits per heavy atom. The van der Waals surface area contributed by atoms with Crippen LogP contribution in [0.5, 0.6) is 0 Å². The molecule has 1 heterocycles. The average Bonchev–Trinajstić information content (AvgIpc) is 3.17. The van der Waals surface area contributed by atoms with E-state index in [9.17, 15) is 9.59 Å². The lowest BCUT2D eigenvalue weighted by molar-refractivity contribution is 0.0697. The van der Waals surface area contributed by atoms with Gasteiger partial charge >= 0.3 is 0 Å². The lowest BCUT2D eigenvalue weighted by atomic mass is 9.94. The maximum absolute atomic E-state index is 13.0. The number of nitrogens with one attached hydrogen (secondary N) is 1. The number of thiazole rings is 1. The average molecular weight is 409 g/mol. The van der Waals surface area contributed by atoms with Gasteiger partial charge in [-0.25, -0.2) is 4.98 Å². The molecule has 0 atom stereocenters. The van der Waals surface area contributed by atoms with Gasteiger partial charge in [-0.3, -0.25) is 9.59 Å². The van der Waals surface area contributed by atoms with Crippen molar-refractivity contribution in [3.05, 3.63) is 45.9 Å². The summed E-state index contributed by atoms with van der Waals surface area (Å²) in [5, 5.41) is 5.20. The highest BCUT2D eigenvalue weighted by Gasteiger charge is 2.25. The zero-order valence-electron chi connectivity index (χ0n) is 15.3. The van der Waals surface area contributed by atoms with Crippen LogP contribution in [-0.4, -0.2) is 34.8 Å². The molecule has 1 aliphatic rings. The third-order valence-electron chi connectivity index (χ3n) is 4.81. The Bertz CT molecular complexity index is 790. The third kappa shape index (κ3) is 5.06. The molecule has 8 heteroatoms. The zero-order chi connectivity index (χ0) is 18.5. The van der Waals surface area contributed by atoms with Crippen LogP contribution in [0.2, 0.25) is 0 Å². The maximum Gasteiger partial charge on any atom is 0.275 e. The lowest BCUT2D eigenvalue weighted by Gasteiger charge is -2.31. The Morgan fingerprint density at radius 2 is 1.96 bits per heavy atom. The van der Waals surface area contributed by atoms with E-state index in [2.05, 4.69) is 10.3 Å². The monoisotopic (exact) mass is 408 g/mol. The number of aromatic nitrogens is 1. The van der Waals surface area contributed by atoms with Gasteiger partial charge in [0, 0.05) is 25.0 Å². The van der Waals surface area contributed by atoms with Crippen LogP contribution in [0.15, 0.2) is 29.6 Å². The maximum atomic E-state index is 13.0. The number of hydrogen-bond acceptors (Lipinski definition) is 5. The lowest BCUT2D eigenvalue weighted by Crippen LogP contribution is -2.38. The number of carbonyl (C=O) groups is 2. The molecule has 1 saturated carbocycles.